The number of hydrogen-bond donors (Lipinski definition) is 1. The summed E-state index contributed by atoms with van der Waals surface area (Å²) in [4.78, 5) is 30.6. The molecule has 2 heterocycles. The van der Waals surface area contributed by atoms with Crippen molar-refractivity contribution in [1.82, 2.24) is 5.48 Å². The highest BCUT2D eigenvalue weighted by atomic mass is 16.8. The Morgan fingerprint density at radius 1 is 1.26 bits per heavy atom. The van der Waals surface area contributed by atoms with Crippen LogP contribution in [0.3, 0.4) is 0 Å². The lowest BCUT2D eigenvalue weighted by Crippen LogP contribution is -2.33. The molecule has 6 heteroatoms. The number of amides is 2. The number of benzene rings is 1. The van der Waals surface area contributed by atoms with Gasteiger partial charge in [0.05, 0.1) is 6.42 Å². The first-order chi connectivity index (χ1) is 11.2. The summed E-state index contributed by atoms with van der Waals surface area (Å²) in [6.07, 6.45) is 4.32. The zero-order valence-electron chi connectivity index (χ0n) is 13.1. The first kappa shape index (κ1) is 16.0. The predicted molar refractivity (Wildman–Crippen MR) is 84.6 cm³/mol. The van der Waals surface area contributed by atoms with Gasteiger partial charge in [-0.1, -0.05) is 12.1 Å². The Labute approximate surface area is 135 Å². The van der Waals surface area contributed by atoms with Crippen LogP contribution >= 0.6 is 0 Å². The predicted octanol–water partition coefficient (Wildman–Crippen LogP) is 1.93. The van der Waals surface area contributed by atoms with Gasteiger partial charge in [-0.2, -0.15) is 0 Å². The zero-order valence-corrected chi connectivity index (χ0v) is 13.1. The van der Waals surface area contributed by atoms with Crippen molar-refractivity contribution < 1.29 is 19.2 Å². The number of carbonyl (C=O) groups excluding carboxylic acids is 2. The van der Waals surface area contributed by atoms with Gasteiger partial charge < -0.3 is 9.64 Å². The van der Waals surface area contributed by atoms with Crippen LogP contribution in [0.25, 0.3) is 0 Å². The molecule has 1 atom stereocenters. The van der Waals surface area contributed by atoms with Crippen LogP contribution in [-0.2, 0) is 25.6 Å². The van der Waals surface area contributed by atoms with Gasteiger partial charge in [0.25, 0.3) is 0 Å². The Morgan fingerprint density at radius 2 is 2.09 bits per heavy atom. The van der Waals surface area contributed by atoms with Gasteiger partial charge in [0.15, 0.2) is 6.29 Å². The molecule has 0 aromatic heterocycles. The fourth-order valence-electron chi connectivity index (χ4n) is 2.87. The summed E-state index contributed by atoms with van der Waals surface area (Å²) in [6.45, 7) is 1.45. The molecule has 124 valence electrons. The largest absolute Gasteiger partial charge is 0.350 e. The second-order valence-electron chi connectivity index (χ2n) is 5.93. The summed E-state index contributed by atoms with van der Waals surface area (Å²) in [5, 5.41) is 0. The summed E-state index contributed by atoms with van der Waals surface area (Å²) >= 11 is 0. The van der Waals surface area contributed by atoms with Crippen LogP contribution < -0.4 is 10.4 Å². The molecule has 6 nitrogen and oxygen atoms in total. The molecule has 0 aliphatic carbocycles. The van der Waals surface area contributed by atoms with Crippen molar-refractivity contribution in [2.75, 3.05) is 18.1 Å². The molecule has 3 rings (SSSR count). The van der Waals surface area contributed by atoms with Crippen molar-refractivity contribution in [2.45, 2.75) is 44.8 Å². The summed E-state index contributed by atoms with van der Waals surface area (Å²) in [5.74, 6) is -0.0412. The maximum atomic E-state index is 11.9. The molecule has 0 bridgehead atoms. The number of hydroxylamine groups is 1. The van der Waals surface area contributed by atoms with Crippen molar-refractivity contribution in [3.05, 3.63) is 29.8 Å². The minimum Gasteiger partial charge on any atom is -0.350 e. The smallest absolute Gasteiger partial charge is 0.248 e. The SMILES string of the molecule is O=C(Cc1ccc(N2CCCC2=O)cc1)NO[C@H]1CCCCO1. The molecule has 23 heavy (non-hydrogen) atoms. The summed E-state index contributed by atoms with van der Waals surface area (Å²) < 4.78 is 5.39. The highest BCUT2D eigenvalue weighted by molar-refractivity contribution is 5.95. The molecule has 2 aliphatic rings. The fraction of sp³-hybridized carbons (Fsp3) is 0.529. The lowest BCUT2D eigenvalue weighted by Gasteiger charge is -2.22. The molecule has 1 aromatic carbocycles. The van der Waals surface area contributed by atoms with Gasteiger partial charge in [0.2, 0.25) is 11.8 Å². The lowest BCUT2D eigenvalue weighted by atomic mass is 10.1. The highest BCUT2D eigenvalue weighted by Gasteiger charge is 2.21. The van der Waals surface area contributed by atoms with Crippen molar-refractivity contribution in [3.8, 4) is 0 Å². The molecule has 0 radical (unpaired) electrons. The lowest BCUT2D eigenvalue weighted by molar-refractivity contribution is -0.200. The third kappa shape index (κ3) is 4.30. The second kappa shape index (κ2) is 7.57. The molecule has 2 aliphatic heterocycles. The van der Waals surface area contributed by atoms with E-state index in [1.165, 1.54) is 0 Å². The van der Waals surface area contributed by atoms with Crippen molar-refractivity contribution >= 4 is 17.5 Å². The molecular formula is C17H22N2O4. The van der Waals surface area contributed by atoms with Gasteiger partial charge in [-0.3, -0.25) is 9.59 Å². The van der Waals surface area contributed by atoms with Gasteiger partial charge >= 0.3 is 0 Å². The Hall–Kier alpha value is -1.92. The molecule has 1 N–H and O–H groups in total. The van der Waals surface area contributed by atoms with Crippen LogP contribution in [0, 0.1) is 0 Å². The number of nitrogens with one attached hydrogen (secondary N) is 1. The van der Waals surface area contributed by atoms with E-state index in [0.29, 0.717) is 13.0 Å². The first-order valence-corrected chi connectivity index (χ1v) is 8.18. The molecule has 0 spiro atoms. The van der Waals surface area contributed by atoms with E-state index in [9.17, 15) is 9.59 Å². The van der Waals surface area contributed by atoms with Crippen LogP contribution in [0.2, 0.25) is 0 Å². The monoisotopic (exact) mass is 318 g/mol. The average molecular weight is 318 g/mol. The number of ether oxygens (including phenoxy) is 1. The van der Waals surface area contributed by atoms with Crippen LogP contribution in [0.4, 0.5) is 5.69 Å². The van der Waals surface area contributed by atoms with E-state index in [1.54, 1.807) is 4.90 Å². The summed E-state index contributed by atoms with van der Waals surface area (Å²) in [5.41, 5.74) is 4.22. The molecule has 0 unspecified atom stereocenters. The number of anilines is 1. The quantitative estimate of drug-likeness (QED) is 0.842. The van der Waals surface area contributed by atoms with Gasteiger partial charge in [-0.25, -0.2) is 10.3 Å². The third-order valence-electron chi connectivity index (χ3n) is 4.13. The zero-order chi connectivity index (χ0) is 16.1. The van der Waals surface area contributed by atoms with Gasteiger partial charge in [0.1, 0.15) is 0 Å². The fourth-order valence-corrected chi connectivity index (χ4v) is 2.87. The highest BCUT2D eigenvalue weighted by Crippen LogP contribution is 2.21. The number of rotatable bonds is 5. The van der Waals surface area contributed by atoms with Gasteiger partial charge in [-0.05, 0) is 37.0 Å². The minimum atomic E-state index is -0.337. The summed E-state index contributed by atoms with van der Waals surface area (Å²) in [7, 11) is 0. The van der Waals surface area contributed by atoms with E-state index < -0.39 is 0 Å². The van der Waals surface area contributed by atoms with Crippen LogP contribution in [0.5, 0.6) is 0 Å². The van der Waals surface area contributed by atoms with E-state index in [4.69, 9.17) is 9.57 Å². The first-order valence-electron chi connectivity index (χ1n) is 8.18. The number of nitrogens with zero attached hydrogens (tertiary/aromatic N) is 1. The Balaban J connectivity index is 1.47. The summed E-state index contributed by atoms with van der Waals surface area (Å²) in [6, 6.07) is 7.52. The molecule has 2 fully saturated rings. The topological polar surface area (TPSA) is 67.9 Å². The molecule has 2 saturated heterocycles. The van der Waals surface area contributed by atoms with E-state index in [2.05, 4.69) is 5.48 Å². The van der Waals surface area contributed by atoms with Gasteiger partial charge in [-0.15, -0.1) is 0 Å². The Kier molecular flexibility index (Phi) is 5.25. The van der Waals surface area contributed by atoms with E-state index in [0.717, 1.165) is 43.5 Å². The Morgan fingerprint density at radius 3 is 2.74 bits per heavy atom. The Bertz CT molecular complexity index is 552. The van der Waals surface area contributed by atoms with Crippen molar-refractivity contribution in [1.29, 1.82) is 0 Å². The van der Waals surface area contributed by atoms with Crippen LogP contribution in [-0.4, -0.2) is 31.3 Å². The maximum absolute atomic E-state index is 11.9. The molecular weight excluding hydrogens is 296 g/mol. The molecule has 2 amide bonds. The second-order valence-corrected chi connectivity index (χ2v) is 5.93. The van der Waals surface area contributed by atoms with Crippen molar-refractivity contribution in [3.63, 3.8) is 0 Å². The third-order valence-corrected chi connectivity index (χ3v) is 4.13. The van der Waals surface area contributed by atoms with E-state index >= 15 is 0 Å². The van der Waals surface area contributed by atoms with E-state index in [1.807, 2.05) is 24.3 Å². The van der Waals surface area contributed by atoms with Crippen molar-refractivity contribution in [2.24, 2.45) is 0 Å². The van der Waals surface area contributed by atoms with Crippen LogP contribution in [0.1, 0.15) is 37.7 Å². The number of hydrogen-bond acceptors (Lipinski definition) is 4. The van der Waals surface area contributed by atoms with Gasteiger partial charge in [0, 0.05) is 31.7 Å². The standard InChI is InChI=1S/C17H22N2O4/c20-15(18-23-17-5-1-2-11-22-17)12-13-6-8-14(9-7-13)19-10-3-4-16(19)21/h6-9,17H,1-5,10-12H2,(H,18,20)/t17-/m0/s1. The average Bonchev–Trinajstić information content (AvgIpc) is 3.01. The molecule has 1 aromatic rings. The maximum Gasteiger partial charge on any atom is 0.248 e. The van der Waals surface area contributed by atoms with Crippen LogP contribution in [0.15, 0.2) is 24.3 Å². The van der Waals surface area contributed by atoms with E-state index in [-0.39, 0.29) is 24.5 Å². The number of carbonyl (C=O) groups is 2. The minimum absolute atomic E-state index is 0.163. The molecule has 0 saturated carbocycles. The normalized spacial score (nSPS) is 21.5.